The normalized spacial score (nSPS) is 11.4. The van der Waals surface area contributed by atoms with E-state index in [9.17, 15) is 9.90 Å². The molecule has 0 atom stereocenters. The van der Waals surface area contributed by atoms with Crippen LogP contribution < -0.4 is 4.94 Å². The number of rotatable bonds is 2. The molecule has 0 amide bonds. The lowest BCUT2D eigenvalue weighted by molar-refractivity contribution is 0.470. The van der Waals surface area contributed by atoms with Gasteiger partial charge in [-0.1, -0.05) is 42.5 Å². The number of hydrogen-bond acceptors (Lipinski definition) is 5. The van der Waals surface area contributed by atoms with Crippen LogP contribution in [0.2, 0.25) is 0 Å². The summed E-state index contributed by atoms with van der Waals surface area (Å²) in [5, 5.41) is 11.8. The zero-order valence-electron chi connectivity index (χ0n) is 9.60. The molecule has 0 unspecified atom stereocenters. The number of fused-ring (bicyclic) bond motifs is 3. The van der Waals surface area contributed by atoms with E-state index >= 15 is 0 Å². The molecule has 0 spiro atoms. The molecule has 1 N–H and O–H groups in total. The van der Waals surface area contributed by atoms with Gasteiger partial charge in [-0.2, -0.15) is 0 Å². The second kappa shape index (κ2) is 4.33. The summed E-state index contributed by atoms with van der Waals surface area (Å²) in [5.74, 6) is 1.06. The van der Waals surface area contributed by atoms with Crippen molar-refractivity contribution in [3.8, 4) is 5.75 Å². The highest BCUT2D eigenvalue weighted by molar-refractivity contribution is 7.99. The van der Waals surface area contributed by atoms with Gasteiger partial charge in [0.05, 0.1) is 9.60 Å². The van der Waals surface area contributed by atoms with Crippen molar-refractivity contribution < 1.29 is 9.52 Å². The molecule has 0 fully saturated rings. The van der Waals surface area contributed by atoms with E-state index in [4.69, 9.17) is 4.42 Å². The molecule has 0 aliphatic rings. The Balaban J connectivity index is 2.56. The fourth-order valence-corrected chi connectivity index (χ4v) is 3.79. The summed E-state index contributed by atoms with van der Waals surface area (Å²) < 4.78 is 6.00. The van der Waals surface area contributed by atoms with E-state index in [0.717, 1.165) is 37.5 Å². The van der Waals surface area contributed by atoms with Gasteiger partial charge in [-0.3, -0.25) is 0 Å². The molecule has 0 bridgehead atoms. The van der Waals surface area contributed by atoms with Crippen molar-refractivity contribution in [2.45, 2.75) is 11.8 Å². The lowest BCUT2D eigenvalue weighted by Gasteiger charge is -2.07. The molecule has 0 aliphatic carbocycles. The monoisotopic (exact) mass is 278 g/mol. The summed E-state index contributed by atoms with van der Waals surface area (Å²) in [7, 11) is 0. The molecular weight excluding hydrogens is 268 g/mol. The van der Waals surface area contributed by atoms with Crippen molar-refractivity contribution >= 4 is 44.2 Å². The lowest BCUT2D eigenvalue weighted by atomic mass is 10.1. The Labute approximate surface area is 111 Å². The van der Waals surface area contributed by atoms with Crippen LogP contribution >= 0.6 is 23.1 Å². The van der Waals surface area contributed by atoms with Gasteiger partial charge in [-0.15, -0.1) is 11.8 Å². The van der Waals surface area contributed by atoms with Crippen molar-refractivity contribution in [3.05, 3.63) is 34.0 Å². The SMILES string of the molecule is CCSc1c(O)c2ccccc2c2oc(=O)sc12. The first kappa shape index (κ1) is 11.6. The number of aromatic hydroxyl groups is 1. The van der Waals surface area contributed by atoms with Crippen LogP contribution in [0.4, 0.5) is 0 Å². The molecule has 1 aromatic heterocycles. The second-order valence-corrected chi connectivity index (χ2v) is 5.99. The first-order valence-electron chi connectivity index (χ1n) is 5.52. The van der Waals surface area contributed by atoms with Crippen LogP contribution in [0, 0.1) is 0 Å². The Bertz CT molecular complexity index is 786. The molecule has 0 radical (unpaired) electrons. The smallest absolute Gasteiger partial charge is 0.396 e. The van der Waals surface area contributed by atoms with Crippen LogP contribution in [-0.4, -0.2) is 10.9 Å². The fraction of sp³-hybridized carbons (Fsp3) is 0.154. The molecule has 0 saturated carbocycles. The summed E-state index contributed by atoms with van der Waals surface area (Å²) in [4.78, 5) is 11.9. The van der Waals surface area contributed by atoms with E-state index in [1.54, 1.807) is 0 Å². The zero-order valence-corrected chi connectivity index (χ0v) is 11.2. The maximum atomic E-state index is 11.5. The maximum Gasteiger partial charge on any atom is 0.396 e. The van der Waals surface area contributed by atoms with Gasteiger partial charge in [0.25, 0.3) is 0 Å². The Morgan fingerprint density at radius 3 is 2.78 bits per heavy atom. The van der Waals surface area contributed by atoms with E-state index in [1.807, 2.05) is 31.2 Å². The minimum Gasteiger partial charge on any atom is -0.506 e. The molecule has 1 heterocycles. The van der Waals surface area contributed by atoms with Crippen LogP contribution in [0.15, 0.2) is 38.4 Å². The van der Waals surface area contributed by atoms with E-state index < -0.39 is 0 Å². The average molecular weight is 278 g/mol. The second-order valence-electron chi connectivity index (χ2n) is 3.77. The number of thioether (sulfide) groups is 1. The topological polar surface area (TPSA) is 50.4 Å². The molecule has 18 heavy (non-hydrogen) atoms. The molecule has 3 rings (SSSR count). The summed E-state index contributed by atoms with van der Waals surface area (Å²) in [6.07, 6.45) is 0. The Hall–Kier alpha value is -1.46. The predicted molar refractivity (Wildman–Crippen MR) is 75.9 cm³/mol. The van der Waals surface area contributed by atoms with Crippen LogP contribution in [0.3, 0.4) is 0 Å². The van der Waals surface area contributed by atoms with E-state index in [1.165, 1.54) is 11.8 Å². The van der Waals surface area contributed by atoms with Crippen molar-refractivity contribution in [3.63, 3.8) is 0 Å². The van der Waals surface area contributed by atoms with Gasteiger partial charge in [-0.05, 0) is 5.75 Å². The van der Waals surface area contributed by atoms with Gasteiger partial charge in [0.2, 0.25) is 0 Å². The summed E-state index contributed by atoms with van der Waals surface area (Å²) >= 11 is 2.57. The maximum absolute atomic E-state index is 11.5. The first-order chi connectivity index (χ1) is 8.72. The number of benzene rings is 2. The highest BCUT2D eigenvalue weighted by Crippen LogP contribution is 2.43. The van der Waals surface area contributed by atoms with Gasteiger partial charge < -0.3 is 9.52 Å². The Morgan fingerprint density at radius 1 is 1.33 bits per heavy atom. The number of hydrogen-bond donors (Lipinski definition) is 1. The van der Waals surface area contributed by atoms with Gasteiger partial charge in [0.15, 0.2) is 5.58 Å². The first-order valence-corrected chi connectivity index (χ1v) is 7.32. The quantitative estimate of drug-likeness (QED) is 0.724. The Morgan fingerprint density at radius 2 is 2.06 bits per heavy atom. The summed E-state index contributed by atoms with van der Waals surface area (Å²) in [6.45, 7) is 2.01. The third-order valence-corrected chi connectivity index (χ3v) is 4.66. The fourth-order valence-electron chi connectivity index (χ4n) is 2.00. The average Bonchev–Trinajstić information content (AvgIpc) is 2.76. The van der Waals surface area contributed by atoms with E-state index in [-0.39, 0.29) is 10.7 Å². The Kier molecular flexibility index (Phi) is 2.80. The number of phenolic OH excluding ortho intramolecular Hbond substituents is 1. The standard InChI is InChI=1S/C13H10O3S2/c1-2-17-11-9(14)7-5-3-4-6-8(7)10-12(11)18-13(15)16-10/h3-6,14H,2H2,1H3. The van der Waals surface area contributed by atoms with Crippen LogP contribution in [0.25, 0.3) is 21.1 Å². The molecule has 0 saturated heterocycles. The molecule has 0 aliphatic heterocycles. The minimum absolute atomic E-state index is 0.238. The van der Waals surface area contributed by atoms with Gasteiger partial charge >= 0.3 is 4.94 Å². The molecule has 3 aromatic rings. The van der Waals surface area contributed by atoms with Gasteiger partial charge in [0, 0.05) is 10.8 Å². The third-order valence-electron chi connectivity index (χ3n) is 2.71. The van der Waals surface area contributed by atoms with Crippen LogP contribution in [0.1, 0.15) is 6.92 Å². The van der Waals surface area contributed by atoms with Crippen molar-refractivity contribution in [1.82, 2.24) is 0 Å². The highest BCUT2D eigenvalue weighted by atomic mass is 32.2. The number of phenols is 1. The molecule has 5 heteroatoms. The van der Waals surface area contributed by atoms with Crippen molar-refractivity contribution in [1.29, 1.82) is 0 Å². The van der Waals surface area contributed by atoms with Crippen LogP contribution in [-0.2, 0) is 0 Å². The summed E-state index contributed by atoms with van der Waals surface area (Å²) in [5.41, 5.74) is 0.578. The van der Waals surface area contributed by atoms with Crippen LogP contribution in [0.5, 0.6) is 5.75 Å². The van der Waals surface area contributed by atoms with Crippen molar-refractivity contribution in [2.75, 3.05) is 5.75 Å². The minimum atomic E-state index is -0.335. The molecule has 92 valence electrons. The molecule has 2 aromatic carbocycles. The largest absolute Gasteiger partial charge is 0.506 e. The lowest BCUT2D eigenvalue weighted by Crippen LogP contribution is -1.81. The third kappa shape index (κ3) is 1.62. The predicted octanol–water partition coefficient (Wildman–Crippen LogP) is 3.83. The highest BCUT2D eigenvalue weighted by Gasteiger charge is 2.17. The van der Waals surface area contributed by atoms with Crippen molar-refractivity contribution in [2.24, 2.45) is 0 Å². The molecular formula is C13H10O3S2. The summed E-state index contributed by atoms with van der Waals surface area (Å²) in [6, 6.07) is 7.42. The van der Waals surface area contributed by atoms with E-state index in [2.05, 4.69) is 0 Å². The zero-order chi connectivity index (χ0) is 12.7. The van der Waals surface area contributed by atoms with Gasteiger partial charge in [-0.25, -0.2) is 4.79 Å². The van der Waals surface area contributed by atoms with Gasteiger partial charge in [0.1, 0.15) is 5.75 Å². The van der Waals surface area contributed by atoms with E-state index in [0.29, 0.717) is 5.58 Å². The molecule has 3 nitrogen and oxygen atoms in total.